The zero-order valence-electron chi connectivity index (χ0n) is 12.5. The van der Waals surface area contributed by atoms with Gasteiger partial charge in [0.2, 0.25) is 0 Å². The predicted octanol–water partition coefficient (Wildman–Crippen LogP) is 3.52. The van der Waals surface area contributed by atoms with Crippen molar-refractivity contribution in [1.82, 2.24) is 5.48 Å². The molecule has 22 heavy (non-hydrogen) atoms. The van der Waals surface area contributed by atoms with Gasteiger partial charge in [0.15, 0.2) is 0 Å². The molecule has 3 rings (SSSR count). The van der Waals surface area contributed by atoms with E-state index in [2.05, 4.69) is 41.9 Å². The number of benzene rings is 2. The summed E-state index contributed by atoms with van der Waals surface area (Å²) < 4.78 is 5.61. The Hall–Kier alpha value is -1.33. The molecule has 0 aromatic heterocycles. The van der Waals surface area contributed by atoms with Gasteiger partial charge in [0.1, 0.15) is 0 Å². The van der Waals surface area contributed by atoms with Crippen LogP contribution in [0.4, 0.5) is 0 Å². The summed E-state index contributed by atoms with van der Waals surface area (Å²) in [6.07, 6.45) is 0. The van der Waals surface area contributed by atoms with E-state index in [0.29, 0.717) is 12.5 Å². The molecule has 116 valence electrons. The first-order valence-electron chi connectivity index (χ1n) is 7.58. The summed E-state index contributed by atoms with van der Waals surface area (Å²) in [5.74, 6) is 1.51. The highest BCUT2D eigenvalue weighted by molar-refractivity contribution is 7.99. The van der Waals surface area contributed by atoms with Gasteiger partial charge in [0.25, 0.3) is 0 Å². The zero-order valence-corrected chi connectivity index (χ0v) is 13.3. The molecular formula is C18H21NO2S. The molecule has 0 spiro atoms. The van der Waals surface area contributed by atoms with Crippen LogP contribution in [-0.4, -0.2) is 25.0 Å². The normalized spacial score (nSPS) is 21.1. The van der Waals surface area contributed by atoms with Crippen LogP contribution in [0.3, 0.4) is 0 Å². The Morgan fingerprint density at radius 1 is 1.00 bits per heavy atom. The Bertz CT molecular complexity index is 550. The van der Waals surface area contributed by atoms with Crippen LogP contribution in [0, 0.1) is 5.92 Å². The van der Waals surface area contributed by atoms with E-state index in [1.807, 2.05) is 36.0 Å². The summed E-state index contributed by atoms with van der Waals surface area (Å²) in [6, 6.07) is 20.9. The van der Waals surface area contributed by atoms with E-state index < -0.39 is 0 Å². The number of hydroxylamine groups is 1. The molecule has 0 bridgehead atoms. The van der Waals surface area contributed by atoms with Crippen LogP contribution in [-0.2, 0) is 16.2 Å². The van der Waals surface area contributed by atoms with Gasteiger partial charge in [-0.15, -0.1) is 11.8 Å². The minimum atomic E-state index is 0.264. The Labute approximate surface area is 136 Å². The molecule has 0 aliphatic carbocycles. The van der Waals surface area contributed by atoms with Crippen molar-refractivity contribution in [2.75, 3.05) is 19.0 Å². The molecule has 1 fully saturated rings. The molecule has 2 aromatic rings. The van der Waals surface area contributed by atoms with E-state index in [1.165, 1.54) is 10.5 Å². The number of thioether (sulfide) groups is 1. The third-order valence-corrected chi connectivity index (χ3v) is 4.92. The Kier molecular flexibility index (Phi) is 5.90. The van der Waals surface area contributed by atoms with Crippen LogP contribution < -0.4 is 5.48 Å². The number of ether oxygens (including phenoxy) is 1. The van der Waals surface area contributed by atoms with E-state index >= 15 is 0 Å². The summed E-state index contributed by atoms with van der Waals surface area (Å²) in [4.78, 5) is 6.95. The lowest BCUT2D eigenvalue weighted by Gasteiger charge is -2.18. The van der Waals surface area contributed by atoms with Crippen molar-refractivity contribution in [3.05, 3.63) is 66.2 Å². The molecule has 0 unspecified atom stereocenters. The lowest BCUT2D eigenvalue weighted by molar-refractivity contribution is -0.00385. The van der Waals surface area contributed by atoms with Crippen LogP contribution >= 0.6 is 11.8 Å². The molecule has 3 nitrogen and oxygen atoms in total. The summed E-state index contributed by atoms with van der Waals surface area (Å²) in [5.41, 5.74) is 4.35. The number of nitrogens with one attached hydrogen (secondary N) is 1. The third-order valence-electron chi connectivity index (χ3n) is 3.72. The van der Waals surface area contributed by atoms with E-state index in [4.69, 9.17) is 9.57 Å². The Balaban J connectivity index is 1.42. The smallest absolute Gasteiger partial charge is 0.0933 e. The maximum absolute atomic E-state index is 5.65. The molecule has 1 heterocycles. The van der Waals surface area contributed by atoms with E-state index in [0.717, 1.165) is 19.0 Å². The molecule has 1 saturated heterocycles. The van der Waals surface area contributed by atoms with Crippen LogP contribution in [0.2, 0.25) is 0 Å². The molecule has 0 amide bonds. The number of hydrogen-bond donors (Lipinski definition) is 1. The fourth-order valence-corrected chi connectivity index (χ4v) is 3.50. The van der Waals surface area contributed by atoms with Crippen LogP contribution in [0.1, 0.15) is 5.56 Å². The standard InChI is InChI=1S/C18H21NO2S/c1-3-7-15(8-4-1)11-21-19-18-13-20-12-16(18)14-22-17-9-5-2-6-10-17/h1-10,16,18-19H,11-14H2/t16-,18-/m0/s1. The van der Waals surface area contributed by atoms with Gasteiger partial charge in [0, 0.05) is 16.6 Å². The van der Waals surface area contributed by atoms with Crippen molar-refractivity contribution in [3.8, 4) is 0 Å². The van der Waals surface area contributed by atoms with Crippen molar-refractivity contribution in [1.29, 1.82) is 0 Å². The van der Waals surface area contributed by atoms with Crippen LogP contribution in [0.15, 0.2) is 65.6 Å². The average Bonchev–Trinajstić information content (AvgIpc) is 3.02. The number of hydrogen-bond acceptors (Lipinski definition) is 4. The first-order chi connectivity index (χ1) is 10.9. The second-order valence-electron chi connectivity index (χ2n) is 5.42. The fraction of sp³-hybridized carbons (Fsp3) is 0.333. The van der Waals surface area contributed by atoms with Crippen molar-refractivity contribution >= 4 is 11.8 Å². The SMILES string of the molecule is c1ccc(CON[C@H]2COC[C@H]2CSc2ccccc2)cc1. The molecule has 0 saturated carbocycles. The van der Waals surface area contributed by atoms with Crippen LogP contribution in [0.5, 0.6) is 0 Å². The van der Waals surface area contributed by atoms with Crippen molar-refractivity contribution in [2.24, 2.45) is 5.92 Å². The van der Waals surface area contributed by atoms with Gasteiger partial charge >= 0.3 is 0 Å². The maximum atomic E-state index is 5.65. The summed E-state index contributed by atoms with van der Waals surface area (Å²) in [7, 11) is 0. The zero-order chi connectivity index (χ0) is 15.0. The second-order valence-corrected chi connectivity index (χ2v) is 6.51. The van der Waals surface area contributed by atoms with Crippen LogP contribution in [0.25, 0.3) is 0 Å². The number of rotatable bonds is 7. The molecule has 2 aromatic carbocycles. The molecular weight excluding hydrogens is 294 g/mol. The largest absolute Gasteiger partial charge is 0.379 e. The highest BCUT2D eigenvalue weighted by atomic mass is 32.2. The Morgan fingerprint density at radius 3 is 2.50 bits per heavy atom. The van der Waals surface area contributed by atoms with Crippen molar-refractivity contribution in [3.63, 3.8) is 0 Å². The third kappa shape index (κ3) is 4.58. The van der Waals surface area contributed by atoms with Gasteiger partial charge in [-0.05, 0) is 17.7 Å². The van der Waals surface area contributed by atoms with Gasteiger partial charge in [-0.1, -0.05) is 48.5 Å². The monoisotopic (exact) mass is 315 g/mol. The van der Waals surface area contributed by atoms with Crippen molar-refractivity contribution < 1.29 is 9.57 Å². The fourth-order valence-electron chi connectivity index (χ4n) is 2.42. The van der Waals surface area contributed by atoms with Gasteiger partial charge in [-0.3, -0.25) is 4.84 Å². The molecule has 4 heteroatoms. The van der Waals surface area contributed by atoms with E-state index in [1.54, 1.807) is 0 Å². The average molecular weight is 315 g/mol. The maximum Gasteiger partial charge on any atom is 0.0933 e. The second kappa shape index (κ2) is 8.34. The molecule has 2 atom stereocenters. The van der Waals surface area contributed by atoms with Crippen molar-refractivity contribution in [2.45, 2.75) is 17.5 Å². The first kappa shape index (κ1) is 15.6. The molecule has 0 radical (unpaired) electrons. The lowest BCUT2D eigenvalue weighted by atomic mass is 10.1. The molecule has 1 aliphatic rings. The first-order valence-corrected chi connectivity index (χ1v) is 8.57. The van der Waals surface area contributed by atoms with Gasteiger partial charge in [0.05, 0.1) is 25.9 Å². The summed E-state index contributed by atoms with van der Waals surface area (Å²) in [6.45, 7) is 2.09. The minimum Gasteiger partial charge on any atom is -0.379 e. The molecule has 1 N–H and O–H groups in total. The highest BCUT2D eigenvalue weighted by Crippen LogP contribution is 2.25. The summed E-state index contributed by atoms with van der Waals surface area (Å²) in [5, 5.41) is 0. The molecule has 1 aliphatic heterocycles. The quantitative estimate of drug-likeness (QED) is 0.625. The Morgan fingerprint density at radius 2 is 1.73 bits per heavy atom. The summed E-state index contributed by atoms with van der Waals surface area (Å²) >= 11 is 1.88. The van der Waals surface area contributed by atoms with Gasteiger partial charge < -0.3 is 4.74 Å². The van der Waals surface area contributed by atoms with E-state index in [-0.39, 0.29) is 6.04 Å². The topological polar surface area (TPSA) is 30.5 Å². The lowest BCUT2D eigenvalue weighted by Crippen LogP contribution is -2.36. The van der Waals surface area contributed by atoms with Gasteiger partial charge in [-0.25, -0.2) is 0 Å². The minimum absolute atomic E-state index is 0.264. The van der Waals surface area contributed by atoms with E-state index in [9.17, 15) is 0 Å². The predicted molar refractivity (Wildman–Crippen MR) is 89.6 cm³/mol. The van der Waals surface area contributed by atoms with Gasteiger partial charge in [-0.2, -0.15) is 5.48 Å². The highest BCUT2D eigenvalue weighted by Gasteiger charge is 2.28.